The molecule has 5 nitrogen and oxygen atoms in total. The Bertz CT molecular complexity index is 986. The normalized spacial score (nSPS) is 13.8. The second kappa shape index (κ2) is 13.2. The maximum atomic E-state index is 12.1. The van der Waals surface area contributed by atoms with Crippen LogP contribution >= 0.6 is 0 Å². The van der Waals surface area contributed by atoms with Gasteiger partial charge in [-0.15, -0.1) is 0 Å². The number of allylic oxidation sites excluding steroid dienone is 3. The van der Waals surface area contributed by atoms with Crippen LogP contribution in [-0.2, 0) is 4.79 Å². The molecule has 1 N–H and O–H groups in total. The number of aliphatic hydroxyl groups is 1. The van der Waals surface area contributed by atoms with Gasteiger partial charge in [-0.3, -0.25) is 4.79 Å². The summed E-state index contributed by atoms with van der Waals surface area (Å²) < 4.78 is 17.0. The van der Waals surface area contributed by atoms with Gasteiger partial charge < -0.3 is 19.3 Å². The van der Waals surface area contributed by atoms with Crippen LogP contribution in [0.1, 0.15) is 51.7 Å². The molecule has 0 bridgehead atoms. The van der Waals surface area contributed by atoms with E-state index in [1.165, 1.54) is 18.2 Å². The molecule has 33 heavy (non-hydrogen) atoms. The average Bonchev–Trinajstić information content (AvgIpc) is 2.82. The molecule has 2 unspecified atom stereocenters. The van der Waals surface area contributed by atoms with Crippen molar-refractivity contribution in [3.63, 3.8) is 0 Å². The summed E-state index contributed by atoms with van der Waals surface area (Å²) in [4.78, 5) is 12.1. The Kier molecular flexibility index (Phi) is 10.3. The molecule has 0 spiro atoms. The SMILES string of the molecule is CCC(C)Oc1ccc(/C=C/C(=O)/C=C(O)/C=C/c2ccc(OC(C)CC)c(OC)c2)cc1. The zero-order chi connectivity index (χ0) is 24.2. The minimum Gasteiger partial charge on any atom is -0.508 e. The summed E-state index contributed by atoms with van der Waals surface area (Å²) in [6.45, 7) is 8.15. The van der Waals surface area contributed by atoms with Crippen LogP contribution in [-0.4, -0.2) is 30.2 Å². The fourth-order valence-corrected chi connectivity index (χ4v) is 2.76. The van der Waals surface area contributed by atoms with Crippen molar-refractivity contribution in [2.24, 2.45) is 0 Å². The highest BCUT2D eigenvalue weighted by Crippen LogP contribution is 2.30. The molecule has 0 aromatic heterocycles. The van der Waals surface area contributed by atoms with Crippen molar-refractivity contribution in [3.05, 3.63) is 77.6 Å². The molecule has 0 aliphatic carbocycles. The van der Waals surface area contributed by atoms with Crippen LogP contribution in [0.2, 0.25) is 0 Å². The number of ketones is 1. The van der Waals surface area contributed by atoms with Gasteiger partial charge in [-0.25, -0.2) is 0 Å². The molecule has 0 heterocycles. The fourth-order valence-electron chi connectivity index (χ4n) is 2.76. The van der Waals surface area contributed by atoms with Gasteiger partial charge >= 0.3 is 0 Å². The van der Waals surface area contributed by atoms with Crippen LogP contribution in [0.5, 0.6) is 17.2 Å². The number of carbonyl (C=O) groups is 1. The molecule has 2 aromatic rings. The van der Waals surface area contributed by atoms with Gasteiger partial charge in [-0.1, -0.05) is 44.2 Å². The van der Waals surface area contributed by atoms with Crippen LogP contribution in [0.15, 0.2) is 66.5 Å². The number of hydrogen-bond acceptors (Lipinski definition) is 5. The number of ether oxygens (including phenoxy) is 3. The van der Waals surface area contributed by atoms with Gasteiger partial charge in [0.15, 0.2) is 17.3 Å². The summed E-state index contributed by atoms with van der Waals surface area (Å²) in [7, 11) is 1.58. The van der Waals surface area contributed by atoms with Crippen molar-refractivity contribution in [3.8, 4) is 17.2 Å². The van der Waals surface area contributed by atoms with E-state index in [9.17, 15) is 9.90 Å². The predicted octanol–water partition coefficient (Wildman–Crippen LogP) is 6.79. The Morgan fingerprint density at radius 3 is 2.12 bits per heavy atom. The average molecular weight is 451 g/mol. The standard InChI is InChI=1S/C28H34O5/c1-6-20(3)32-26-15-10-22(11-16-26)8-13-24(29)19-25(30)14-9-23-12-17-27(28(18-23)31-5)33-21(4)7-2/h8-21,30H,6-7H2,1-5H3/b13-8+,14-9+,25-19-. The number of methoxy groups -OCH3 is 1. The van der Waals surface area contributed by atoms with E-state index in [2.05, 4.69) is 13.8 Å². The minimum absolute atomic E-state index is 0.0855. The molecule has 2 rings (SSSR count). The number of hydrogen-bond donors (Lipinski definition) is 1. The van der Waals surface area contributed by atoms with E-state index < -0.39 is 0 Å². The molecular weight excluding hydrogens is 416 g/mol. The van der Waals surface area contributed by atoms with Gasteiger partial charge in [0, 0.05) is 6.08 Å². The first kappa shape index (κ1) is 25.8. The Hall–Kier alpha value is -3.47. The van der Waals surface area contributed by atoms with Crippen molar-refractivity contribution in [1.82, 2.24) is 0 Å². The van der Waals surface area contributed by atoms with Crippen LogP contribution in [0.25, 0.3) is 12.2 Å². The molecule has 0 amide bonds. The summed E-state index contributed by atoms with van der Waals surface area (Å²) in [5.74, 6) is 1.63. The van der Waals surface area contributed by atoms with Gasteiger partial charge in [0.25, 0.3) is 0 Å². The lowest BCUT2D eigenvalue weighted by Gasteiger charge is -2.15. The van der Waals surface area contributed by atoms with E-state index >= 15 is 0 Å². The van der Waals surface area contributed by atoms with Crippen LogP contribution in [0, 0.1) is 0 Å². The lowest BCUT2D eigenvalue weighted by molar-refractivity contribution is -0.110. The van der Waals surface area contributed by atoms with Crippen molar-refractivity contribution >= 4 is 17.9 Å². The first-order chi connectivity index (χ1) is 15.8. The van der Waals surface area contributed by atoms with E-state index in [0.717, 1.165) is 29.7 Å². The van der Waals surface area contributed by atoms with E-state index in [0.29, 0.717) is 11.5 Å². The van der Waals surface area contributed by atoms with E-state index in [-0.39, 0.29) is 23.8 Å². The van der Waals surface area contributed by atoms with Crippen LogP contribution in [0.3, 0.4) is 0 Å². The second-order valence-corrected chi connectivity index (χ2v) is 7.79. The molecule has 2 atom stereocenters. The lowest BCUT2D eigenvalue weighted by atomic mass is 10.1. The summed E-state index contributed by atoms with van der Waals surface area (Å²) in [6.07, 6.45) is 9.53. The number of benzene rings is 2. The maximum absolute atomic E-state index is 12.1. The lowest BCUT2D eigenvalue weighted by Crippen LogP contribution is -2.10. The number of aliphatic hydroxyl groups excluding tert-OH is 1. The third-order valence-corrected chi connectivity index (χ3v) is 5.06. The molecule has 0 fully saturated rings. The highest BCUT2D eigenvalue weighted by Gasteiger charge is 2.08. The first-order valence-corrected chi connectivity index (χ1v) is 11.3. The Balaban J connectivity index is 1.98. The minimum atomic E-state index is -0.313. The quantitative estimate of drug-likeness (QED) is 0.219. The predicted molar refractivity (Wildman–Crippen MR) is 134 cm³/mol. The highest BCUT2D eigenvalue weighted by molar-refractivity contribution is 6.02. The maximum Gasteiger partial charge on any atom is 0.182 e. The van der Waals surface area contributed by atoms with Crippen LogP contribution < -0.4 is 14.2 Å². The summed E-state index contributed by atoms with van der Waals surface area (Å²) in [6, 6.07) is 13.0. The van der Waals surface area contributed by atoms with Crippen LogP contribution in [0.4, 0.5) is 0 Å². The largest absolute Gasteiger partial charge is 0.508 e. The second-order valence-electron chi connectivity index (χ2n) is 7.79. The molecule has 0 saturated heterocycles. The Morgan fingerprint density at radius 2 is 1.48 bits per heavy atom. The van der Waals surface area contributed by atoms with Gasteiger partial charge in [0.2, 0.25) is 0 Å². The van der Waals surface area contributed by atoms with Crippen molar-refractivity contribution in [1.29, 1.82) is 0 Å². The monoisotopic (exact) mass is 450 g/mol. The summed E-state index contributed by atoms with van der Waals surface area (Å²) >= 11 is 0. The Labute approximate surface area is 197 Å². The van der Waals surface area contributed by atoms with E-state index in [1.54, 1.807) is 19.3 Å². The molecular formula is C28H34O5. The molecule has 2 aromatic carbocycles. The zero-order valence-corrected chi connectivity index (χ0v) is 20.1. The third kappa shape index (κ3) is 8.89. The molecule has 0 saturated carbocycles. The molecule has 176 valence electrons. The van der Waals surface area contributed by atoms with E-state index in [4.69, 9.17) is 14.2 Å². The van der Waals surface area contributed by atoms with E-state index in [1.807, 2.05) is 56.3 Å². The van der Waals surface area contributed by atoms with Gasteiger partial charge in [0.05, 0.1) is 19.3 Å². The van der Waals surface area contributed by atoms with Gasteiger partial charge in [-0.05, 0) is 74.2 Å². The first-order valence-electron chi connectivity index (χ1n) is 11.3. The molecule has 0 aliphatic rings. The zero-order valence-electron chi connectivity index (χ0n) is 20.1. The third-order valence-electron chi connectivity index (χ3n) is 5.06. The molecule has 5 heteroatoms. The van der Waals surface area contributed by atoms with Crippen molar-refractivity contribution < 1.29 is 24.1 Å². The molecule has 0 aliphatic heterocycles. The number of carbonyl (C=O) groups excluding carboxylic acids is 1. The highest BCUT2D eigenvalue weighted by atomic mass is 16.5. The smallest absolute Gasteiger partial charge is 0.182 e. The molecule has 0 radical (unpaired) electrons. The summed E-state index contributed by atoms with van der Waals surface area (Å²) in [5, 5.41) is 10.1. The Morgan fingerprint density at radius 1 is 0.879 bits per heavy atom. The van der Waals surface area contributed by atoms with Gasteiger partial charge in [0.1, 0.15) is 11.5 Å². The number of rotatable bonds is 12. The van der Waals surface area contributed by atoms with Gasteiger partial charge in [-0.2, -0.15) is 0 Å². The van der Waals surface area contributed by atoms with Crippen molar-refractivity contribution in [2.75, 3.05) is 7.11 Å². The van der Waals surface area contributed by atoms with Crippen molar-refractivity contribution in [2.45, 2.75) is 52.7 Å². The fraction of sp³-hybridized carbons (Fsp3) is 0.321. The topological polar surface area (TPSA) is 65.0 Å². The summed E-state index contributed by atoms with van der Waals surface area (Å²) in [5.41, 5.74) is 1.68.